The van der Waals surface area contributed by atoms with E-state index in [0.29, 0.717) is 24.8 Å². The number of unbranched alkanes of at least 4 members (excludes halogenated alkanes) is 1. The van der Waals surface area contributed by atoms with Gasteiger partial charge in [0.1, 0.15) is 6.61 Å². The molecule has 0 spiro atoms. The zero-order valence-corrected chi connectivity index (χ0v) is 10.1. The van der Waals surface area contributed by atoms with Crippen LogP contribution in [0.15, 0.2) is 12.2 Å². The topological polar surface area (TPSA) is 38.3 Å². The number of carbonyl (C=O) groups is 1. The van der Waals surface area contributed by atoms with Crippen molar-refractivity contribution in [1.82, 2.24) is 5.32 Å². The number of esters is 1. The number of ether oxygens (including phenoxy) is 1. The molecule has 0 aromatic heterocycles. The lowest BCUT2D eigenvalue weighted by molar-refractivity contribution is -0.138. The largest absolute Gasteiger partial charge is 0.461 e. The fraction of sp³-hybridized carbons (Fsp3) is 0.750. The summed E-state index contributed by atoms with van der Waals surface area (Å²) >= 11 is 0. The first kappa shape index (κ1) is 14.2. The Morgan fingerprint density at radius 1 is 1.53 bits per heavy atom. The van der Waals surface area contributed by atoms with Crippen LogP contribution < -0.4 is 5.32 Å². The van der Waals surface area contributed by atoms with Crippen molar-refractivity contribution < 1.29 is 9.53 Å². The maximum Gasteiger partial charge on any atom is 0.333 e. The summed E-state index contributed by atoms with van der Waals surface area (Å²) < 4.78 is 4.96. The molecule has 1 atom stereocenters. The predicted octanol–water partition coefficient (Wildman–Crippen LogP) is 2.27. The Balaban J connectivity index is 3.37. The fourth-order valence-corrected chi connectivity index (χ4v) is 1.18. The first-order valence-corrected chi connectivity index (χ1v) is 5.64. The SMILES string of the molecule is C=C(C)C(=O)OCCNC(C)CCCC. The lowest BCUT2D eigenvalue weighted by Crippen LogP contribution is -2.30. The second kappa shape index (κ2) is 8.48. The van der Waals surface area contributed by atoms with E-state index in [0.717, 1.165) is 0 Å². The monoisotopic (exact) mass is 213 g/mol. The van der Waals surface area contributed by atoms with Crippen LogP contribution in [0.1, 0.15) is 40.0 Å². The first-order valence-electron chi connectivity index (χ1n) is 5.64. The molecular weight excluding hydrogens is 190 g/mol. The van der Waals surface area contributed by atoms with Gasteiger partial charge in [0.15, 0.2) is 0 Å². The first-order chi connectivity index (χ1) is 7.07. The summed E-state index contributed by atoms with van der Waals surface area (Å²) in [6, 6.07) is 0.494. The Morgan fingerprint density at radius 2 is 2.20 bits per heavy atom. The molecule has 0 saturated heterocycles. The highest BCUT2D eigenvalue weighted by Gasteiger charge is 2.03. The molecule has 0 radical (unpaired) electrons. The average Bonchev–Trinajstić information content (AvgIpc) is 2.20. The second-order valence-corrected chi connectivity index (χ2v) is 3.91. The molecule has 0 aliphatic carbocycles. The van der Waals surface area contributed by atoms with Crippen LogP contribution in [-0.2, 0) is 9.53 Å². The molecule has 88 valence electrons. The van der Waals surface area contributed by atoms with Gasteiger partial charge < -0.3 is 10.1 Å². The van der Waals surface area contributed by atoms with Gasteiger partial charge in [-0.2, -0.15) is 0 Å². The lowest BCUT2D eigenvalue weighted by atomic mass is 10.1. The predicted molar refractivity (Wildman–Crippen MR) is 62.8 cm³/mol. The minimum atomic E-state index is -0.307. The molecular formula is C12H23NO2. The van der Waals surface area contributed by atoms with Gasteiger partial charge in [-0.3, -0.25) is 0 Å². The van der Waals surface area contributed by atoms with Gasteiger partial charge in [0.05, 0.1) is 0 Å². The highest BCUT2D eigenvalue weighted by Crippen LogP contribution is 1.98. The zero-order chi connectivity index (χ0) is 11.7. The molecule has 0 fully saturated rings. The van der Waals surface area contributed by atoms with Crippen molar-refractivity contribution in [3.8, 4) is 0 Å². The van der Waals surface area contributed by atoms with Crippen molar-refractivity contribution in [1.29, 1.82) is 0 Å². The standard InChI is InChI=1S/C12H23NO2/c1-5-6-7-11(4)13-8-9-15-12(14)10(2)3/h11,13H,2,5-9H2,1,3-4H3. The molecule has 0 aliphatic rings. The van der Waals surface area contributed by atoms with Crippen molar-refractivity contribution in [2.75, 3.05) is 13.2 Å². The molecule has 0 aromatic carbocycles. The normalized spacial score (nSPS) is 12.2. The molecule has 3 heteroatoms. The fourth-order valence-electron chi connectivity index (χ4n) is 1.18. The van der Waals surface area contributed by atoms with E-state index < -0.39 is 0 Å². The molecule has 3 nitrogen and oxygen atoms in total. The lowest BCUT2D eigenvalue weighted by Gasteiger charge is -2.13. The van der Waals surface area contributed by atoms with E-state index in [1.54, 1.807) is 6.92 Å². The zero-order valence-electron chi connectivity index (χ0n) is 10.1. The van der Waals surface area contributed by atoms with Gasteiger partial charge in [-0.05, 0) is 20.3 Å². The Kier molecular flexibility index (Phi) is 8.01. The van der Waals surface area contributed by atoms with E-state index in [-0.39, 0.29) is 5.97 Å². The summed E-state index contributed by atoms with van der Waals surface area (Å²) in [5, 5.41) is 3.30. The average molecular weight is 213 g/mol. The van der Waals surface area contributed by atoms with E-state index in [9.17, 15) is 4.79 Å². The van der Waals surface area contributed by atoms with E-state index in [4.69, 9.17) is 4.74 Å². The summed E-state index contributed by atoms with van der Waals surface area (Å²) in [7, 11) is 0. The smallest absolute Gasteiger partial charge is 0.333 e. The van der Waals surface area contributed by atoms with Gasteiger partial charge in [0.25, 0.3) is 0 Å². The van der Waals surface area contributed by atoms with Crippen molar-refractivity contribution in [2.45, 2.75) is 46.1 Å². The van der Waals surface area contributed by atoms with Crippen LogP contribution >= 0.6 is 0 Å². The van der Waals surface area contributed by atoms with Crippen molar-refractivity contribution >= 4 is 5.97 Å². The molecule has 0 aliphatic heterocycles. The summed E-state index contributed by atoms with van der Waals surface area (Å²) in [5.41, 5.74) is 0.453. The molecule has 15 heavy (non-hydrogen) atoms. The van der Waals surface area contributed by atoms with Crippen LogP contribution in [0.4, 0.5) is 0 Å². The molecule has 0 saturated carbocycles. The van der Waals surface area contributed by atoms with Gasteiger partial charge in [-0.1, -0.05) is 26.3 Å². The Morgan fingerprint density at radius 3 is 2.73 bits per heavy atom. The highest BCUT2D eigenvalue weighted by atomic mass is 16.5. The van der Waals surface area contributed by atoms with Crippen LogP contribution in [0.3, 0.4) is 0 Å². The molecule has 0 rings (SSSR count). The minimum Gasteiger partial charge on any atom is -0.461 e. The van der Waals surface area contributed by atoms with Crippen molar-refractivity contribution in [3.63, 3.8) is 0 Å². The van der Waals surface area contributed by atoms with E-state index >= 15 is 0 Å². The number of hydrogen-bond acceptors (Lipinski definition) is 3. The maximum atomic E-state index is 11.0. The van der Waals surface area contributed by atoms with Crippen LogP contribution in [0.5, 0.6) is 0 Å². The number of rotatable bonds is 8. The number of nitrogens with one attached hydrogen (secondary N) is 1. The van der Waals surface area contributed by atoms with Crippen molar-refractivity contribution in [2.24, 2.45) is 0 Å². The number of carbonyl (C=O) groups excluding carboxylic acids is 1. The van der Waals surface area contributed by atoms with Gasteiger partial charge in [-0.25, -0.2) is 4.79 Å². The maximum absolute atomic E-state index is 11.0. The van der Waals surface area contributed by atoms with Crippen LogP contribution in [0.25, 0.3) is 0 Å². The molecule has 1 N–H and O–H groups in total. The van der Waals surface area contributed by atoms with E-state index in [1.807, 2.05) is 0 Å². The summed E-state index contributed by atoms with van der Waals surface area (Å²) in [6.45, 7) is 10.6. The van der Waals surface area contributed by atoms with Crippen LogP contribution in [0, 0.1) is 0 Å². The van der Waals surface area contributed by atoms with E-state index in [2.05, 4.69) is 25.7 Å². The van der Waals surface area contributed by atoms with Gasteiger partial charge in [0.2, 0.25) is 0 Å². The minimum absolute atomic E-state index is 0.307. The van der Waals surface area contributed by atoms with Gasteiger partial charge in [-0.15, -0.1) is 0 Å². The number of hydrogen-bond donors (Lipinski definition) is 1. The summed E-state index contributed by atoms with van der Waals surface area (Å²) in [4.78, 5) is 11.0. The second-order valence-electron chi connectivity index (χ2n) is 3.91. The van der Waals surface area contributed by atoms with Crippen molar-refractivity contribution in [3.05, 3.63) is 12.2 Å². The Bertz CT molecular complexity index is 202. The Labute approximate surface area is 92.9 Å². The van der Waals surface area contributed by atoms with Crippen LogP contribution in [-0.4, -0.2) is 25.2 Å². The molecule has 1 unspecified atom stereocenters. The highest BCUT2D eigenvalue weighted by molar-refractivity contribution is 5.86. The summed E-state index contributed by atoms with van der Waals surface area (Å²) in [5.74, 6) is -0.307. The third kappa shape index (κ3) is 8.18. The Hall–Kier alpha value is -0.830. The van der Waals surface area contributed by atoms with Gasteiger partial charge >= 0.3 is 5.97 Å². The third-order valence-electron chi connectivity index (χ3n) is 2.17. The summed E-state index contributed by atoms with van der Waals surface area (Å²) in [6.07, 6.45) is 3.63. The third-order valence-corrected chi connectivity index (χ3v) is 2.17. The molecule has 0 amide bonds. The quantitative estimate of drug-likeness (QED) is 0.382. The molecule has 0 heterocycles. The van der Waals surface area contributed by atoms with E-state index in [1.165, 1.54) is 19.3 Å². The van der Waals surface area contributed by atoms with Crippen LogP contribution in [0.2, 0.25) is 0 Å². The van der Waals surface area contributed by atoms with Gasteiger partial charge in [0, 0.05) is 18.2 Å². The molecule has 0 aromatic rings. The molecule has 0 bridgehead atoms.